The van der Waals surface area contributed by atoms with E-state index >= 15 is 0 Å². The fraction of sp³-hybridized carbons (Fsp3) is 0.267. The van der Waals surface area contributed by atoms with Crippen molar-refractivity contribution in [1.29, 1.82) is 0 Å². The molecule has 2 heterocycles. The number of aryl methyl sites for hydroxylation is 2. The Balaban J connectivity index is 1.76. The number of aromatic nitrogens is 1. The largest absolute Gasteiger partial charge is 0.493 e. The van der Waals surface area contributed by atoms with Crippen LogP contribution in [0.2, 0.25) is 0 Å². The highest BCUT2D eigenvalue weighted by Gasteiger charge is 2.11. The van der Waals surface area contributed by atoms with Crippen LogP contribution in [0.4, 0.5) is 0 Å². The van der Waals surface area contributed by atoms with Gasteiger partial charge in [-0.3, -0.25) is 4.79 Å². The van der Waals surface area contributed by atoms with Gasteiger partial charge in [0.2, 0.25) is 0 Å². The average molecular weight is 367 g/mol. The molecule has 0 bridgehead atoms. The number of ether oxygens (including phenoxy) is 1. The van der Waals surface area contributed by atoms with E-state index in [1.807, 2.05) is 18.3 Å². The molecule has 1 aromatic carbocycles. The second kappa shape index (κ2) is 5.36. The molecule has 0 unspecified atom stereocenters. The molecular formula is C15H14INO2. The molecule has 3 rings (SSSR count). The van der Waals surface area contributed by atoms with Crippen LogP contribution in [0, 0.1) is 3.57 Å². The molecule has 4 heteroatoms. The number of rotatable bonds is 3. The molecule has 0 N–H and O–H groups in total. The van der Waals surface area contributed by atoms with Gasteiger partial charge in [0, 0.05) is 28.8 Å². The van der Waals surface area contributed by atoms with Gasteiger partial charge in [-0.2, -0.15) is 0 Å². The van der Waals surface area contributed by atoms with E-state index < -0.39 is 0 Å². The summed E-state index contributed by atoms with van der Waals surface area (Å²) in [7, 11) is 0. The van der Waals surface area contributed by atoms with Gasteiger partial charge >= 0.3 is 0 Å². The molecule has 0 aliphatic carbocycles. The molecule has 98 valence electrons. The van der Waals surface area contributed by atoms with Crippen LogP contribution in [0.3, 0.4) is 0 Å². The summed E-state index contributed by atoms with van der Waals surface area (Å²) in [5.74, 6) is 1.01. The minimum Gasteiger partial charge on any atom is -0.493 e. The zero-order valence-electron chi connectivity index (χ0n) is 10.4. The number of fused-ring (bicyclic) bond motifs is 1. The van der Waals surface area contributed by atoms with Crippen LogP contribution in [0.1, 0.15) is 11.1 Å². The van der Waals surface area contributed by atoms with E-state index in [0.29, 0.717) is 0 Å². The Hall–Kier alpha value is -1.30. The molecule has 1 aliphatic rings. The molecule has 0 atom stereocenters. The fourth-order valence-electron chi connectivity index (χ4n) is 2.32. The minimum atomic E-state index is 0.0601. The third kappa shape index (κ3) is 2.83. The van der Waals surface area contributed by atoms with Crippen LogP contribution in [0.15, 0.2) is 41.3 Å². The Kier molecular flexibility index (Phi) is 3.59. The number of hydrogen-bond acceptors (Lipinski definition) is 2. The van der Waals surface area contributed by atoms with Crippen molar-refractivity contribution >= 4 is 22.6 Å². The molecule has 0 radical (unpaired) electrons. The van der Waals surface area contributed by atoms with Crippen molar-refractivity contribution in [2.24, 2.45) is 0 Å². The Morgan fingerprint density at radius 3 is 3.05 bits per heavy atom. The Morgan fingerprint density at radius 2 is 2.16 bits per heavy atom. The van der Waals surface area contributed by atoms with E-state index in [1.165, 1.54) is 11.1 Å². The molecule has 3 nitrogen and oxygen atoms in total. The molecule has 2 aromatic rings. The van der Waals surface area contributed by atoms with Gasteiger partial charge in [0.1, 0.15) is 5.75 Å². The lowest BCUT2D eigenvalue weighted by Gasteiger charge is -2.07. The summed E-state index contributed by atoms with van der Waals surface area (Å²) in [4.78, 5) is 11.7. The lowest BCUT2D eigenvalue weighted by atomic mass is 10.1. The molecule has 19 heavy (non-hydrogen) atoms. The summed E-state index contributed by atoms with van der Waals surface area (Å²) in [6, 6.07) is 9.78. The van der Waals surface area contributed by atoms with Gasteiger partial charge in [-0.1, -0.05) is 12.1 Å². The van der Waals surface area contributed by atoms with Gasteiger partial charge in [0.25, 0.3) is 5.56 Å². The maximum Gasteiger partial charge on any atom is 0.250 e. The summed E-state index contributed by atoms with van der Waals surface area (Å²) >= 11 is 2.22. The zero-order valence-corrected chi connectivity index (χ0v) is 12.6. The first-order valence-corrected chi connectivity index (χ1v) is 7.41. The smallest absolute Gasteiger partial charge is 0.250 e. The summed E-state index contributed by atoms with van der Waals surface area (Å²) < 4.78 is 8.35. The first kappa shape index (κ1) is 12.7. The topological polar surface area (TPSA) is 31.2 Å². The van der Waals surface area contributed by atoms with Crippen LogP contribution in [-0.2, 0) is 19.4 Å². The Bertz CT molecular complexity index is 663. The molecule has 0 saturated carbocycles. The standard InChI is InChI=1S/C15H14INO2/c16-13-2-4-15(18)17(10-13)7-5-11-1-3-14-12(9-11)6-8-19-14/h1-4,9-10H,5-8H2. The monoisotopic (exact) mass is 367 g/mol. The van der Waals surface area contributed by atoms with Crippen LogP contribution < -0.4 is 10.3 Å². The average Bonchev–Trinajstić information content (AvgIpc) is 2.87. The SMILES string of the molecule is O=c1ccc(I)cn1CCc1ccc2c(c1)CCO2. The Labute approximate surface area is 125 Å². The van der Waals surface area contributed by atoms with Crippen molar-refractivity contribution in [1.82, 2.24) is 4.57 Å². The predicted octanol–water partition coefficient (Wildman–Crippen LogP) is 2.63. The molecule has 1 aromatic heterocycles. The number of halogens is 1. The summed E-state index contributed by atoms with van der Waals surface area (Å²) in [5, 5.41) is 0. The van der Waals surface area contributed by atoms with Crippen LogP contribution in [0.5, 0.6) is 5.75 Å². The summed E-state index contributed by atoms with van der Waals surface area (Å²) in [5.41, 5.74) is 2.60. The summed E-state index contributed by atoms with van der Waals surface area (Å²) in [6.45, 7) is 1.50. The maximum atomic E-state index is 11.7. The molecular weight excluding hydrogens is 353 g/mol. The third-order valence-electron chi connectivity index (χ3n) is 3.34. The summed E-state index contributed by atoms with van der Waals surface area (Å²) in [6.07, 6.45) is 3.76. The zero-order chi connectivity index (χ0) is 13.2. The van der Waals surface area contributed by atoms with Crippen molar-refractivity contribution in [3.05, 3.63) is 61.6 Å². The first-order valence-electron chi connectivity index (χ1n) is 6.33. The maximum absolute atomic E-state index is 11.7. The van der Waals surface area contributed by atoms with Gasteiger partial charge in [0.05, 0.1) is 6.61 Å². The number of pyridine rings is 1. The van der Waals surface area contributed by atoms with E-state index in [-0.39, 0.29) is 5.56 Å². The highest BCUT2D eigenvalue weighted by molar-refractivity contribution is 14.1. The van der Waals surface area contributed by atoms with Crippen molar-refractivity contribution in [2.45, 2.75) is 19.4 Å². The number of nitrogens with zero attached hydrogens (tertiary/aromatic N) is 1. The molecule has 0 fully saturated rings. The second-order valence-corrected chi connectivity index (χ2v) is 5.92. The first-order chi connectivity index (χ1) is 9.22. The molecule has 0 amide bonds. The van der Waals surface area contributed by atoms with E-state index in [0.717, 1.165) is 35.3 Å². The van der Waals surface area contributed by atoms with Crippen molar-refractivity contribution in [2.75, 3.05) is 6.61 Å². The normalized spacial score (nSPS) is 13.1. The quantitative estimate of drug-likeness (QED) is 0.782. The molecule has 1 aliphatic heterocycles. The van der Waals surface area contributed by atoms with Gasteiger partial charge in [-0.15, -0.1) is 0 Å². The van der Waals surface area contributed by atoms with Crippen molar-refractivity contribution in [3.63, 3.8) is 0 Å². The third-order valence-corrected chi connectivity index (χ3v) is 3.98. The van der Waals surface area contributed by atoms with E-state index in [2.05, 4.69) is 34.7 Å². The van der Waals surface area contributed by atoms with E-state index in [4.69, 9.17) is 4.74 Å². The lowest BCUT2D eigenvalue weighted by molar-refractivity contribution is 0.357. The van der Waals surface area contributed by atoms with Gasteiger partial charge in [-0.05, 0) is 52.3 Å². The van der Waals surface area contributed by atoms with Gasteiger partial charge < -0.3 is 9.30 Å². The Morgan fingerprint density at radius 1 is 1.26 bits per heavy atom. The van der Waals surface area contributed by atoms with Crippen molar-refractivity contribution in [3.8, 4) is 5.75 Å². The van der Waals surface area contributed by atoms with Gasteiger partial charge in [0.15, 0.2) is 0 Å². The van der Waals surface area contributed by atoms with Gasteiger partial charge in [-0.25, -0.2) is 0 Å². The minimum absolute atomic E-state index is 0.0601. The molecule has 0 saturated heterocycles. The van der Waals surface area contributed by atoms with E-state index in [1.54, 1.807) is 10.6 Å². The lowest BCUT2D eigenvalue weighted by Crippen LogP contribution is -2.19. The van der Waals surface area contributed by atoms with Crippen LogP contribution in [-0.4, -0.2) is 11.2 Å². The van der Waals surface area contributed by atoms with Crippen molar-refractivity contribution < 1.29 is 4.74 Å². The van der Waals surface area contributed by atoms with Crippen LogP contribution in [0.25, 0.3) is 0 Å². The molecule has 0 spiro atoms. The highest BCUT2D eigenvalue weighted by Crippen LogP contribution is 2.26. The van der Waals surface area contributed by atoms with Crippen LogP contribution >= 0.6 is 22.6 Å². The van der Waals surface area contributed by atoms with E-state index in [9.17, 15) is 4.79 Å². The highest BCUT2D eigenvalue weighted by atomic mass is 127. The second-order valence-electron chi connectivity index (χ2n) is 4.67. The predicted molar refractivity (Wildman–Crippen MR) is 82.8 cm³/mol. The fourth-order valence-corrected chi connectivity index (χ4v) is 2.84. The number of hydrogen-bond donors (Lipinski definition) is 0. The number of benzene rings is 1.